The van der Waals surface area contributed by atoms with Gasteiger partial charge in [-0.05, 0) is 36.3 Å². The van der Waals surface area contributed by atoms with Crippen LogP contribution in [0.15, 0.2) is 53.4 Å². The van der Waals surface area contributed by atoms with Gasteiger partial charge in [0.15, 0.2) is 0 Å². The molecular weight excluding hydrogens is 290 g/mol. The van der Waals surface area contributed by atoms with Crippen LogP contribution in [0.5, 0.6) is 5.75 Å². The molecular formula is C19H21NOS. The molecule has 1 saturated heterocycles. The van der Waals surface area contributed by atoms with E-state index in [1.165, 1.54) is 21.6 Å². The predicted molar refractivity (Wildman–Crippen MR) is 95.0 cm³/mol. The van der Waals surface area contributed by atoms with Gasteiger partial charge in [0.2, 0.25) is 0 Å². The van der Waals surface area contributed by atoms with Crippen LogP contribution in [-0.4, -0.2) is 24.4 Å². The molecule has 0 N–H and O–H groups in total. The van der Waals surface area contributed by atoms with Gasteiger partial charge in [-0.25, -0.2) is 0 Å². The normalized spacial score (nSPS) is 17.1. The van der Waals surface area contributed by atoms with E-state index in [0.29, 0.717) is 0 Å². The van der Waals surface area contributed by atoms with Crippen LogP contribution in [0.25, 0.3) is 6.08 Å². The molecule has 1 heterocycles. The van der Waals surface area contributed by atoms with Gasteiger partial charge in [-0.2, -0.15) is 0 Å². The Labute approximate surface area is 136 Å². The molecule has 1 aliphatic heterocycles. The van der Waals surface area contributed by atoms with Crippen molar-refractivity contribution in [2.75, 3.05) is 19.5 Å². The average molecular weight is 311 g/mol. The molecule has 3 rings (SSSR count). The summed E-state index contributed by atoms with van der Waals surface area (Å²) in [5.41, 5.74) is 3.94. The third-order valence-corrected chi connectivity index (χ3v) is 4.89. The van der Waals surface area contributed by atoms with Crippen LogP contribution in [0.4, 0.5) is 0 Å². The minimum Gasteiger partial charge on any atom is -0.497 e. The van der Waals surface area contributed by atoms with Crippen molar-refractivity contribution in [3.8, 4) is 5.75 Å². The molecule has 22 heavy (non-hydrogen) atoms. The van der Waals surface area contributed by atoms with E-state index in [1.54, 1.807) is 7.11 Å². The Morgan fingerprint density at radius 1 is 1.09 bits per heavy atom. The van der Waals surface area contributed by atoms with E-state index >= 15 is 0 Å². The molecule has 0 saturated carbocycles. The predicted octanol–water partition coefficient (Wildman–Crippen LogP) is 4.55. The summed E-state index contributed by atoms with van der Waals surface area (Å²) in [6.45, 7) is 4.18. The maximum atomic E-state index is 5.20. The molecule has 3 heteroatoms. The maximum Gasteiger partial charge on any atom is 0.118 e. The van der Waals surface area contributed by atoms with E-state index in [1.807, 2.05) is 23.9 Å². The van der Waals surface area contributed by atoms with Crippen LogP contribution >= 0.6 is 11.8 Å². The Morgan fingerprint density at radius 3 is 2.50 bits per heavy atom. The largest absolute Gasteiger partial charge is 0.497 e. The van der Waals surface area contributed by atoms with Gasteiger partial charge in [-0.1, -0.05) is 42.0 Å². The quantitative estimate of drug-likeness (QED) is 0.822. The Bertz CT molecular complexity index is 646. The van der Waals surface area contributed by atoms with Gasteiger partial charge in [-0.3, -0.25) is 4.90 Å². The van der Waals surface area contributed by atoms with Gasteiger partial charge in [0.25, 0.3) is 0 Å². The zero-order valence-corrected chi connectivity index (χ0v) is 13.9. The lowest BCUT2D eigenvalue weighted by molar-refractivity contribution is 0.358. The molecule has 0 aromatic heterocycles. The molecule has 0 atom stereocenters. The third kappa shape index (κ3) is 3.93. The highest BCUT2D eigenvalue weighted by atomic mass is 32.2. The number of hydrogen-bond donors (Lipinski definition) is 0. The zero-order valence-electron chi connectivity index (χ0n) is 13.1. The highest BCUT2D eigenvalue weighted by molar-refractivity contribution is 8.03. The number of rotatable bonds is 4. The Morgan fingerprint density at radius 2 is 1.82 bits per heavy atom. The number of hydrogen-bond acceptors (Lipinski definition) is 3. The SMILES string of the molecule is COc1ccc(C=C2CN(Cc3ccc(C)cc3)CS2)cc1. The second kappa shape index (κ2) is 7.03. The highest BCUT2D eigenvalue weighted by Gasteiger charge is 2.17. The fourth-order valence-corrected chi connectivity index (χ4v) is 3.54. The number of nitrogens with zero attached hydrogens (tertiary/aromatic N) is 1. The number of thioether (sulfide) groups is 1. The molecule has 1 fully saturated rings. The molecule has 0 radical (unpaired) electrons. The minimum atomic E-state index is 0.905. The summed E-state index contributed by atoms with van der Waals surface area (Å²) in [5.74, 6) is 1.97. The van der Waals surface area contributed by atoms with Gasteiger partial charge < -0.3 is 4.74 Å². The van der Waals surface area contributed by atoms with Crippen molar-refractivity contribution in [1.29, 1.82) is 0 Å². The van der Waals surface area contributed by atoms with E-state index in [2.05, 4.69) is 54.3 Å². The van der Waals surface area contributed by atoms with Crippen molar-refractivity contribution >= 4 is 17.8 Å². The standard InChI is InChI=1S/C19H21NOS/c1-15-3-5-17(6-4-15)12-20-13-19(22-14-20)11-16-7-9-18(21-2)10-8-16/h3-11H,12-14H2,1-2H3. The molecule has 2 aromatic rings. The molecule has 0 unspecified atom stereocenters. The second-order valence-corrected chi connectivity index (χ2v) is 6.70. The summed E-state index contributed by atoms with van der Waals surface area (Å²) in [6.07, 6.45) is 2.28. The summed E-state index contributed by atoms with van der Waals surface area (Å²) < 4.78 is 5.20. The van der Waals surface area contributed by atoms with Gasteiger partial charge in [0, 0.05) is 23.9 Å². The van der Waals surface area contributed by atoms with E-state index < -0.39 is 0 Å². The molecule has 0 bridgehead atoms. The van der Waals surface area contributed by atoms with Crippen LogP contribution in [-0.2, 0) is 6.54 Å². The number of aryl methyl sites for hydroxylation is 1. The fourth-order valence-electron chi connectivity index (χ4n) is 2.51. The first-order valence-electron chi connectivity index (χ1n) is 7.48. The first-order chi connectivity index (χ1) is 10.7. The van der Waals surface area contributed by atoms with Crippen molar-refractivity contribution < 1.29 is 4.74 Å². The van der Waals surface area contributed by atoms with E-state index in [9.17, 15) is 0 Å². The number of methoxy groups -OCH3 is 1. The van der Waals surface area contributed by atoms with Crippen molar-refractivity contribution in [1.82, 2.24) is 4.90 Å². The lowest BCUT2D eigenvalue weighted by Crippen LogP contribution is -2.18. The molecule has 1 aliphatic rings. The summed E-state index contributed by atoms with van der Waals surface area (Å²) in [4.78, 5) is 3.90. The van der Waals surface area contributed by atoms with Crippen LogP contribution in [0.3, 0.4) is 0 Å². The second-order valence-electron chi connectivity index (χ2n) is 5.63. The first-order valence-corrected chi connectivity index (χ1v) is 8.47. The lowest BCUT2D eigenvalue weighted by atomic mass is 10.1. The Hall–Kier alpha value is -1.71. The maximum absolute atomic E-state index is 5.20. The van der Waals surface area contributed by atoms with Gasteiger partial charge in [-0.15, -0.1) is 11.8 Å². The minimum absolute atomic E-state index is 0.905. The van der Waals surface area contributed by atoms with E-state index in [0.717, 1.165) is 24.7 Å². The van der Waals surface area contributed by atoms with Gasteiger partial charge in [0.05, 0.1) is 7.11 Å². The van der Waals surface area contributed by atoms with E-state index in [-0.39, 0.29) is 0 Å². The van der Waals surface area contributed by atoms with Crippen molar-refractivity contribution in [2.24, 2.45) is 0 Å². The number of benzene rings is 2. The third-order valence-electron chi connectivity index (χ3n) is 3.78. The smallest absolute Gasteiger partial charge is 0.118 e. The van der Waals surface area contributed by atoms with Gasteiger partial charge in [0.1, 0.15) is 5.75 Å². The fraction of sp³-hybridized carbons (Fsp3) is 0.263. The molecule has 0 aliphatic carbocycles. The Kier molecular flexibility index (Phi) is 4.86. The van der Waals surface area contributed by atoms with Crippen LogP contribution in [0.2, 0.25) is 0 Å². The molecule has 114 valence electrons. The first kappa shape index (κ1) is 15.2. The Balaban J connectivity index is 1.61. The highest BCUT2D eigenvalue weighted by Crippen LogP contribution is 2.29. The van der Waals surface area contributed by atoms with Crippen LogP contribution in [0, 0.1) is 6.92 Å². The topological polar surface area (TPSA) is 12.5 Å². The monoisotopic (exact) mass is 311 g/mol. The number of ether oxygens (including phenoxy) is 1. The summed E-state index contributed by atoms with van der Waals surface area (Å²) >= 11 is 1.93. The lowest BCUT2D eigenvalue weighted by Gasteiger charge is -2.13. The van der Waals surface area contributed by atoms with Gasteiger partial charge >= 0.3 is 0 Å². The van der Waals surface area contributed by atoms with Crippen LogP contribution < -0.4 is 4.74 Å². The zero-order chi connectivity index (χ0) is 15.4. The molecule has 2 aromatic carbocycles. The van der Waals surface area contributed by atoms with Crippen LogP contribution in [0.1, 0.15) is 16.7 Å². The molecule has 2 nitrogen and oxygen atoms in total. The van der Waals surface area contributed by atoms with Crippen molar-refractivity contribution in [2.45, 2.75) is 13.5 Å². The van der Waals surface area contributed by atoms with Crippen molar-refractivity contribution in [3.63, 3.8) is 0 Å². The van der Waals surface area contributed by atoms with E-state index in [4.69, 9.17) is 4.74 Å². The summed E-state index contributed by atoms with van der Waals surface area (Å²) in [7, 11) is 1.70. The summed E-state index contributed by atoms with van der Waals surface area (Å²) in [5, 5.41) is 0. The average Bonchev–Trinajstić information content (AvgIpc) is 2.97. The molecule has 0 amide bonds. The molecule has 0 spiro atoms. The van der Waals surface area contributed by atoms with Crippen molar-refractivity contribution in [3.05, 3.63) is 70.1 Å². The summed E-state index contributed by atoms with van der Waals surface area (Å²) in [6, 6.07) is 17.1.